The zero-order valence-electron chi connectivity index (χ0n) is 14.4. The van der Waals surface area contributed by atoms with Crippen molar-refractivity contribution in [3.8, 4) is 11.8 Å². The highest BCUT2D eigenvalue weighted by Gasteiger charge is 2.34. The van der Waals surface area contributed by atoms with E-state index in [2.05, 4.69) is 21.0 Å². The number of rotatable bonds is 4. The number of nitriles is 1. The molecule has 0 aliphatic carbocycles. The van der Waals surface area contributed by atoms with Crippen molar-refractivity contribution in [1.29, 1.82) is 5.26 Å². The summed E-state index contributed by atoms with van der Waals surface area (Å²) in [5.74, 6) is 1.59. The molecule has 2 aromatic rings. The highest BCUT2D eigenvalue weighted by Crippen LogP contribution is 2.41. The van der Waals surface area contributed by atoms with Crippen molar-refractivity contribution in [2.45, 2.75) is 32.7 Å². The predicted octanol–water partition coefficient (Wildman–Crippen LogP) is 2.75. The van der Waals surface area contributed by atoms with E-state index in [4.69, 9.17) is 27.3 Å². The van der Waals surface area contributed by atoms with Gasteiger partial charge in [-0.05, 0) is 13.8 Å². The number of aryl methyl sites for hydroxylation is 1. The normalized spacial score (nSPS) is 15.8. The van der Waals surface area contributed by atoms with Crippen molar-refractivity contribution in [3.05, 3.63) is 33.7 Å². The van der Waals surface area contributed by atoms with Gasteiger partial charge >= 0.3 is 0 Å². The number of ether oxygens (including phenoxy) is 1. The van der Waals surface area contributed by atoms with Crippen LogP contribution >= 0.6 is 11.6 Å². The number of aromatic nitrogens is 3. The second-order valence-corrected chi connectivity index (χ2v) is 6.45. The molecule has 0 fully saturated rings. The molecule has 0 aromatic carbocycles. The highest BCUT2D eigenvalue weighted by atomic mass is 35.5. The molecule has 0 bridgehead atoms. The third-order valence-corrected chi connectivity index (χ3v) is 4.76. The molecule has 25 heavy (non-hydrogen) atoms. The van der Waals surface area contributed by atoms with Gasteiger partial charge in [-0.2, -0.15) is 10.2 Å². The van der Waals surface area contributed by atoms with Crippen molar-refractivity contribution in [1.82, 2.24) is 15.0 Å². The van der Waals surface area contributed by atoms with Crippen LogP contribution in [0.25, 0.3) is 0 Å². The molecule has 0 saturated carbocycles. The van der Waals surface area contributed by atoms with E-state index >= 15 is 0 Å². The fourth-order valence-corrected chi connectivity index (χ4v) is 3.64. The predicted molar refractivity (Wildman–Crippen MR) is 95.7 cm³/mol. The summed E-state index contributed by atoms with van der Waals surface area (Å²) in [6.45, 7) is 5.10. The smallest absolute Gasteiger partial charge is 0.223 e. The molecule has 3 heterocycles. The Morgan fingerprint density at radius 3 is 2.88 bits per heavy atom. The number of hydrogen-bond acceptors (Lipinski definition) is 7. The molecule has 1 aliphatic heterocycles. The molecule has 0 amide bonds. The Morgan fingerprint density at radius 2 is 2.20 bits per heavy atom. The minimum absolute atomic E-state index is 0.0410. The maximum absolute atomic E-state index is 9.11. The van der Waals surface area contributed by atoms with E-state index in [9.17, 15) is 0 Å². The average molecular weight is 359 g/mol. The van der Waals surface area contributed by atoms with Gasteiger partial charge in [-0.1, -0.05) is 11.6 Å². The van der Waals surface area contributed by atoms with E-state index < -0.39 is 0 Å². The minimum atomic E-state index is -0.0410. The average Bonchev–Trinajstić information content (AvgIpc) is 2.89. The van der Waals surface area contributed by atoms with Gasteiger partial charge in [0.05, 0.1) is 25.4 Å². The summed E-state index contributed by atoms with van der Waals surface area (Å²) in [4.78, 5) is 15.0. The van der Waals surface area contributed by atoms with E-state index in [1.165, 1.54) is 0 Å². The first-order valence-corrected chi connectivity index (χ1v) is 8.27. The van der Waals surface area contributed by atoms with Gasteiger partial charge in [-0.25, -0.2) is 4.98 Å². The van der Waals surface area contributed by atoms with E-state index in [1.807, 2.05) is 18.7 Å². The Bertz CT molecular complexity index is 863. The van der Waals surface area contributed by atoms with Crippen LogP contribution < -0.4 is 15.4 Å². The van der Waals surface area contributed by atoms with Gasteiger partial charge in [0, 0.05) is 41.8 Å². The van der Waals surface area contributed by atoms with E-state index in [1.54, 1.807) is 13.3 Å². The van der Waals surface area contributed by atoms with Crippen LogP contribution in [0.3, 0.4) is 0 Å². The first-order chi connectivity index (χ1) is 12.0. The summed E-state index contributed by atoms with van der Waals surface area (Å²) in [7, 11) is 1.65. The molecule has 1 unspecified atom stereocenters. The van der Waals surface area contributed by atoms with Crippen molar-refractivity contribution in [3.63, 3.8) is 0 Å². The molecule has 2 aromatic heterocycles. The zero-order chi connectivity index (χ0) is 18.1. The van der Waals surface area contributed by atoms with Crippen LogP contribution in [0, 0.1) is 25.2 Å². The van der Waals surface area contributed by atoms with Gasteiger partial charge in [0.1, 0.15) is 16.7 Å². The summed E-state index contributed by atoms with van der Waals surface area (Å²) in [5, 5.41) is 9.43. The Kier molecular flexibility index (Phi) is 4.64. The minimum Gasteiger partial charge on any atom is -0.496 e. The molecule has 3 rings (SSSR count). The topological polar surface area (TPSA) is 101 Å². The number of pyridine rings is 1. The number of nitrogen functional groups attached to an aromatic ring is 1. The first-order valence-electron chi connectivity index (χ1n) is 7.90. The van der Waals surface area contributed by atoms with E-state index in [-0.39, 0.29) is 11.9 Å². The molecule has 1 atom stereocenters. The first kappa shape index (κ1) is 17.2. The Labute approximate surface area is 151 Å². The van der Waals surface area contributed by atoms with Crippen LogP contribution in [0.15, 0.2) is 6.20 Å². The van der Waals surface area contributed by atoms with Gasteiger partial charge in [-0.15, -0.1) is 0 Å². The van der Waals surface area contributed by atoms with Crippen LogP contribution in [-0.4, -0.2) is 28.6 Å². The van der Waals surface area contributed by atoms with Crippen molar-refractivity contribution in [2.75, 3.05) is 24.3 Å². The molecule has 0 saturated heterocycles. The zero-order valence-corrected chi connectivity index (χ0v) is 15.1. The standard InChI is InChI=1S/C17H19ClN6O/c1-9-6-21-12(10(2)14(9)25-3)8-24-7-11(4-5-19)13-15(18)22-17(20)23-16(13)24/h6,11H,4,7-8H2,1-3H3,(H2,20,22,23). The van der Waals surface area contributed by atoms with Gasteiger partial charge < -0.3 is 15.4 Å². The maximum Gasteiger partial charge on any atom is 0.223 e. The molecule has 130 valence electrons. The SMILES string of the molecule is COc1c(C)cnc(CN2CC(CC#N)c3c(Cl)nc(N)nc32)c1C. The van der Waals surface area contributed by atoms with Gasteiger partial charge in [0.2, 0.25) is 5.95 Å². The van der Waals surface area contributed by atoms with Crippen LogP contribution in [0.1, 0.15) is 34.7 Å². The molecular weight excluding hydrogens is 340 g/mol. The van der Waals surface area contributed by atoms with Crippen LogP contribution in [0.5, 0.6) is 5.75 Å². The number of halogens is 1. The second kappa shape index (κ2) is 6.73. The van der Waals surface area contributed by atoms with Crippen molar-refractivity contribution >= 4 is 23.4 Å². The van der Waals surface area contributed by atoms with Crippen molar-refractivity contribution in [2.24, 2.45) is 0 Å². The number of methoxy groups -OCH3 is 1. The number of anilines is 2. The van der Waals surface area contributed by atoms with Crippen LogP contribution in [-0.2, 0) is 6.54 Å². The maximum atomic E-state index is 9.11. The second-order valence-electron chi connectivity index (χ2n) is 6.10. The number of nitrogens with zero attached hydrogens (tertiary/aromatic N) is 5. The molecule has 2 N–H and O–H groups in total. The molecular formula is C17H19ClN6O. The van der Waals surface area contributed by atoms with Gasteiger partial charge in [-0.3, -0.25) is 4.98 Å². The molecule has 7 nitrogen and oxygen atoms in total. The summed E-state index contributed by atoms with van der Waals surface area (Å²) >= 11 is 6.27. The lowest BCUT2D eigenvalue weighted by atomic mass is 10.0. The summed E-state index contributed by atoms with van der Waals surface area (Å²) < 4.78 is 5.48. The fourth-order valence-electron chi connectivity index (χ4n) is 3.31. The van der Waals surface area contributed by atoms with Gasteiger partial charge in [0.25, 0.3) is 0 Å². The number of fused-ring (bicyclic) bond motifs is 1. The van der Waals surface area contributed by atoms with Crippen molar-refractivity contribution < 1.29 is 4.74 Å². The quantitative estimate of drug-likeness (QED) is 0.838. The molecule has 0 radical (unpaired) electrons. The lowest BCUT2D eigenvalue weighted by molar-refractivity contribution is 0.406. The summed E-state index contributed by atoms with van der Waals surface area (Å²) in [6, 6.07) is 2.21. The molecule has 1 aliphatic rings. The summed E-state index contributed by atoms with van der Waals surface area (Å²) in [5.41, 5.74) is 9.42. The fraction of sp³-hybridized carbons (Fsp3) is 0.412. The summed E-state index contributed by atoms with van der Waals surface area (Å²) in [6.07, 6.45) is 2.15. The largest absolute Gasteiger partial charge is 0.496 e. The third-order valence-electron chi connectivity index (χ3n) is 4.47. The third kappa shape index (κ3) is 3.05. The van der Waals surface area contributed by atoms with E-state index in [0.29, 0.717) is 30.5 Å². The van der Waals surface area contributed by atoms with E-state index in [0.717, 1.165) is 28.1 Å². The van der Waals surface area contributed by atoms with Crippen LogP contribution in [0.4, 0.5) is 11.8 Å². The number of hydrogen-bond donors (Lipinski definition) is 1. The monoisotopic (exact) mass is 358 g/mol. The number of nitrogens with two attached hydrogens (primary N) is 1. The molecule has 8 heteroatoms. The lowest BCUT2D eigenvalue weighted by Crippen LogP contribution is -2.23. The van der Waals surface area contributed by atoms with Gasteiger partial charge in [0.15, 0.2) is 0 Å². The Balaban J connectivity index is 2.00. The highest BCUT2D eigenvalue weighted by molar-refractivity contribution is 6.30. The Hall–Kier alpha value is -2.59. The Morgan fingerprint density at radius 1 is 1.44 bits per heavy atom. The molecule has 0 spiro atoms. The van der Waals surface area contributed by atoms with Crippen LogP contribution in [0.2, 0.25) is 5.15 Å². The lowest BCUT2D eigenvalue weighted by Gasteiger charge is -2.20.